The largest absolute Gasteiger partial charge is 0.397 e. The van der Waals surface area contributed by atoms with E-state index in [4.69, 9.17) is 4.55 Å². The fourth-order valence-electron chi connectivity index (χ4n) is 2.98. The van der Waals surface area contributed by atoms with Crippen molar-refractivity contribution in [1.82, 2.24) is 5.32 Å². The van der Waals surface area contributed by atoms with Crippen LogP contribution in [0.3, 0.4) is 0 Å². The van der Waals surface area contributed by atoms with Gasteiger partial charge in [0.15, 0.2) is 0 Å². The van der Waals surface area contributed by atoms with Crippen LogP contribution in [-0.4, -0.2) is 53.9 Å². The number of carbonyl (C=O) groups is 1. The van der Waals surface area contributed by atoms with Crippen molar-refractivity contribution in [3.8, 4) is 0 Å². The highest BCUT2D eigenvalue weighted by Crippen LogP contribution is 2.12. The zero-order chi connectivity index (χ0) is 22.8. The molecule has 0 aliphatic heterocycles. The third-order valence-electron chi connectivity index (χ3n) is 4.82. The number of nitrogens with one attached hydrogen (secondary N) is 1. The molecule has 8 nitrogen and oxygen atoms in total. The molecule has 3 atom stereocenters. The molecule has 30 heavy (non-hydrogen) atoms. The Kier molecular flexibility index (Phi) is 17.1. The lowest BCUT2D eigenvalue weighted by Crippen LogP contribution is -2.49. The Morgan fingerprint density at radius 2 is 1.47 bits per heavy atom. The molecule has 9 heteroatoms. The summed E-state index contributed by atoms with van der Waals surface area (Å²) in [6, 6.07) is -1.12. The highest BCUT2D eigenvalue weighted by molar-refractivity contribution is 7.80. The molecule has 0 aromatic rings. The molecule has 0 aromatic heterocycles. The van der Waals surface area contributed by atoms with Crippen LogP contribution in [0.15, 0.2) is 12.2 Å². The smallest absolute Gasteiger partial charge is 0.387 e. The van der Waals surface area contributed by atoms with E-state index in [-0.39, 0.29) is 0 Å². The minimum Gasteiger partial charge on any atom is -0.387 e. The van der Waals surface area contributed by atoms with E-state index in [9.17, 15) is 23.4 Å². The normalized spacial score (nSPS) is 15.2. The van der Waals surface area contributed by atoms with E-state index in [1.54, 1.807) is 6.08 Å². The molecule has 178 valence electrons. The molecular weight excluding hydrogens is 410 g/mol. The molecule has 0 aromatic carbocycles. The summed E-state index contributed by atoms with van der Waals surface area (Å²) < 4.78 is 34.4. The van der Waals surface area contributed by atoms with Gasteiger partial charge in [-0.2, -0.15) is 8.42 Å². The van der Waals surface area contributed by atoms with Crippen molar-refractivity contribution < 1.29 is 32.2 Å². The number of allylic oxidation sites excluding steroid dienone is 1. The summed E-state index contributed by atoms with van der Waals surface area (Å²) in [5.41, 5.74) is 0. The number of unbranched alkanes of at least 4 members (excludes halogenated alkanes) is 11. The summed E-state index contributed by atoms with van der Waals surface area (Å²) in [6.45, 7) is 2.81. The number of amides is 1. The fraction of sp³-hybridized carbons (Fsp3) is 0.857. The van der Waals surface area contributed by atoms with Crippen LogP contribution in [0.5, 0.6) is 0 Å². The monoisotopic (exact) mass is 451 g/mol. The summed E-state index contributed by atoms with van der Waals surface area (Å²) in [7, 11) is -4.71. The van der Waals surface area contributed by atoms with Gasteiger partial charge in [-0.1, -0.05) is 83.3 Å². The first-order valence-corrected chi connectivity index (χ1v) is 12.5. The Morgan fingerprint density at radius 1 is 0.967 bits per heavy atom. The number of carbonyl (C=O) groups excluding carboxylic acids is 1. The molecule has 0 fully saturated rings. The second kappa shape index (κ2) is 17.7. The molecule has 0 radical (unpaired) electrons. The van der Waals surface area contributed by atoms with Crippen LogP contribution in [-0.2, 0) is 19.4 Å². The van der Waals surface area contributed by atoms with Crippen molar-refractivity contribution in [2.75, 3.05) is 6.61 Å². The van der Waals surface area contributed by atoms with Gasteiger partial charge in [-0.15, -0.1) is 0 Å². The standard InChI is InChI=1S/C21H41NO7S/c1-3-4-5-6-7-8-9-10-11-12-13-14-15-16-20(24)19(17-29-30(26,27)28)22-21(25)18(2)23/h15-16,18-20,23-24H,3-14,17H2,1-2H3,(H,22,25)(H,26,27,28). The Bertz CT molecular complexity index is 564. The average molecular weight is 452 g/mol. The molecule has 0 heterocycles. The number of hydrogen-bond donors (Lipinski definition) is 4. The molecule has 0 saturated carbocycles. The number of aliphatic hydroxyl groups excluding tert-OH is 2. The van der Waals surface area contributed by atoms with E-state index < -0.39 is 41.2 Å². The third-order valence-corrected chi connectivity index (χ3v) is 5.26. The van der Waals surface area contributed by atoms with Crippen LogP contribution in [0.25, 0.3) is 0 Å². The second-order valence-electron chi connectivity index (χ2n) is 7.75. The maximum atomic E-state index is 11.6. The molecule has 4 N–H and O–H groups in total. The molecule has 3 unspecified atom stereocenters. The minimum absolute atomic E-state index is 0.652. The van der Waals surface area contributed by atoms with Gasteiger partial charge < -0.3 is 15.5 Å². The number of hydrogen-bond acceptors (Lipinski definition) is 6. The van der Waals surface area contributed by atoms with Crippen LogP contribution < -0.4 is 5.32 Å². The SMILES string of the molecule is CCCCCCCCCCCCCC=CC(O)C(COS(=O)(=O)O)NC(=O)C(C)O. The molecule has 0 spiro atoms. The van der Waals surface area contributed by atoms with E-state index >= 15 is 0 Å². The van der Waals surface area contributed by atoms with Crippen molar-refractivity contribution in [1.29, 1.82) is 0 Å². The van der Waals surface area contributed by atoms with Crippen LogP contribution in [0.1, 0.15) is 90.9 Å². The number of rotatable bonds is 19. The highest BCUT2D eigenvalue weighted by Gasteiger charge is 2.23. The molecule has 0 bridgehead atoms. The maximum absolute atomic E-state index is 11.6. The van der Waals surface area contributed by atoms with Gasteiger partial charge >= 0.3 is 10.4 Å². The topological polar surface area (TPSA) is 133 Å². The summed E-state index contributed by atoms with van der Waals surface area (Å²) in [6.07, 6.45) is 15.1. The highest BCUT2D eigenvalue weighted by atomic mass is 32.3. The quantitative estimate of drug-likeness (QED) is 0.134. The van der Waals surface area contributed by atoms with Crippen molar-refractivity contribution in [2.45, 2.75) is 109 Å². The zero-order valence-corrected chi connectivity index (χ0v) is 19.3. The van der Waals surface area contributed by atoms with Crippen molar-refractivity contribution in [3.05, 3.63) is 12.2 Å². The van der Waals surface area contributed by atoms with Gasteiger partial charge in [0.2, 0.25) is 5.91 Å². The lowest BCUT2D eigenvalue weighted by Gasteiger charge is -2.22. The lowest BCUT2D eigenvalue weighted by atomic mass is 10.0. The van der Waals surface area contributed by atoms with E-state index in [0.717, 1.165) is 19.3 Å². The van der Waals surface area contributed by atoms with Gasteiger partial charge in [0.1, 0.15) is 6.10 Å². The number of aliphatic hydroxyl groups is 2. The Hall–Kier alpha value is -1.00. The Balaban J connectivity index is 4.06. The van der Waals surface area contributed by atoms with Crippen molar-refractivity contribution >= 4 is 16.3 Å². The Labute approximate surface area is 182 Å². The van der Waals surface area contributed by atoms with Gasteiger partial charge in [0, 0.05) is 0 Å². The molecule has 0 rings (SSSR count). The van der Waals surface area contributed by atoms with Gasteiger partial charge in [-0.3, -0.25) is 9.35 Å². The summed E-state index contributed by atoms with van der Waals surface area (Å²) in [4.78, 5) is 11.6. The third kappa shape index (κ3) is 17.8. The van der Waals surface area contributed by atoms with E-state index in [2.05, 4.69) is 16.4 Å². The summed E-state index contributed by atoms with van der Waals surface area (Å²) >= 11 is 0. The van der Waals surface area contributed by atoms with Crippen molar-refractivity contribution in [3.63, 3.8) is 0 Å². The molecule has 0 aliphatic carbocycles. The van der Waals surface area contributed by atoms with Crippen LogP contribution in [0.4, 0.5) is 0 Å². The molecule has 0 saturated heterocycles. The molecule has 0 aliphatic rings. The van der Waals surface area contributed by atoms with Crippen LogP contribution in [0.2, 0.25) is 0 Å². The molecule has 1 amide bonds. The van der Waals surface area contributed by atoms with Gasteiger partial charge in [-0.05, 0) is 19.8 Å². The lowest BCUT2D eigenvalue weighted by molar-refractivity contribution is -0.130. The first-order chi connectivity index (χ1) is 14.2. The van der Waals surface area contributed by atoms with E-state index in [1.807, 2.05) is 0 Å². The van der Waals surface area contributed by atoms with E-state index in [1.165, 1.54) is 70.8 Å². The first-order valence-electron chi connectivity index (χ1n) is 11.1. The summed E-state index contributed by atoms with van der Waals surface area (Å²) in [5, 5.41) is 21.7. The van der Waals surface area contributed by atoms with Gasteiger partial charge in [-0.25, -0.2) is 4.18 Å². The van der Waals surface area contributed by atoms with Gasteiger partial charge in [0.05, 0.1) is 18.8 Å². The first kappa shape index (κ1) is 29.0. The second-order valence-corrected chi connectivity index (χ2v) is 8.84. The summed E-state index contributed by atoms with van der Waals surface area (Å²) in [5.74, 6) is -0.781. The molecular formula is C21H41NO7S. The predicted molar refractivity (Wildman–Crippen MR) is 117 cm³/mol. The maximum Gasteiger partial charge on any atom is 0.397 e. The zero-order valence-electron chi connectivity index (χ0n) is 18.5. The van der Waals surface area contributed by atoms with E-state index in [0.29, 0.717) is 0 Å². The van der Waals surface area contributed by atoms with Crippen LogP contribution in [0, 0.1) is 0 Å². The van der Waals surface area contributed by atoms with Gasteiger partial charge in [0.25, 0.3) is 0 Å². The van der Waals surface area contributed by atoms with Crippen LogP contribution >= 0.6 is 0 Å². The average Bonchev–Trinajstić information content (AvgIpc) is 2.67. The Morgan fingerprint density at radius 3 is 1.93 bits per heavy atom. The minimum atomic E-state index is -4.71. The fourth-order valence-corrected chi connectivity index (χ4v) is 3.30. The predicted octanol–water partition coefficient (Wildman–Crippen LogP) is 3.29. The van der Waals surface area contributed by atoms with Crippen molar-refractivity contribution in [2.24, 2.45) is 0 Å².